The van der Waals surface area contributed by atoms with Crippen LogP contribution < -0.4 is 0 Å². The fourth-order valence-electron chi connectivity index (χ4n) is 0.762. The molecule has 80 valence electrons. The fraction of sp³-hybridized carbons (Fsp3) is 0.545. The Hall–Kier alpha value is -1.09. The Morgan fingerprint density at radius 3 is 2.21 bits per heavy atom. The minimum absolute atomic E-state index is 0.773. The molecule has 0 N–H and O–H groups in total. The maximum atomic E-state index is 4.19. The first kappa shape index (κ1) is 12.9. The molecular formula is C11H21N3. The van der Waals surface area contributed by atoms with E-state index < -0.39 is 0 Å². The van der Waals surface area contributed by atoms with E-state index in [1.54, 1.807) is 6.21 Å². The second kappa shape index (κ2) is 6.38. The van der Waals surface area contributed by atoms with Crippen LogP contribution in [0.1, 0.15) is 6.92 Å². The summed E-state index contributed by atoms with van der Waals surface area (Å²) in [4.78, 5) is 8.35. The van der Waals surface area contributed by atoms with Crippen molar-refractivity contribution in [3.05, 3.63) is 24.6 Å². The fourth-order valence-corrected chi connectivity index (χ4v) is 0.762. The van der Waals surface area contributed by atoms with E-state index in [0.717, 1.165) is 24.5 Å². The van der Waals surface area contributed by atoms with Gasteiger partial charge in [-0.25, -0.2) is 4.99 Å². The van der Waals surface area contributed by atoms with Gasteiger partial charge in [0.25, 0.3) is 0 Å². The highest BCUT2D eigenvalue weighted by atomic mass is 15.2. The Morgan fingerprint density at radius 2 is 1.79 bits per heavy atom. The molecule has 0 bridgehead atoms. The molecule has 0 saturated carbocycles. The van der Waals surface area contributed by atoms with Gasteiger partial charge < -0.3 is 9.80 Å². The largest absolute Gasteiger partial charge is 0.359 e. The van der Waals surface area contributed by atoms with Crippen LogP contribution in [0.2, 0.25) is 0 Å². The SMILES string of the molecule is C=C(C)/C=N\C(=C)N(C)CCN(C)C. The highest BCUT2D eigenvalue weighted by molar-refractivity contribution is 5.77. The lowest BCUT2D eigenvalue weighted by Crippen LogP contribution is -2.27. The topological polar surface area (TPSA) is 18.8 Å². The van der Waals surface area contributed by atoms with Gasteiger partial charge in [-0.3, -0.25) is 0 Å². The molecule has 0 spiro atoms. The van der Waals surface area contributed by atoms with Gasteiger partial charge in [-0.15, -0.1) is 0 Å². The molecule has 0 saturated heterocycles. The standard InChI is InChI=1S/C11H21N3/c1-10(2)9-12-11(3)14(6)8-7-13(4)5/h9H,1,3,7-8H2,2,4-6H3/b12-9-. The minimum Gasteiger partial charge on any atom is -0.359 e. The molecule has 0 aromatic carbocycles. The Bertz CT molecular complexity index is 229. The van der Waals surface area contributed by atoms with Gasteiger partial charge in [-0.2, -0.15) is 0 Å². The van der Waals surface area contributed by atoms with E-state index in [2.05, 4.69) is 23.1 Å². The predicted octanol–water partition coefficient (Wildman–Crippen LogP) is 1.60. The van der Waals surface area contributed by atoms with E-state index in [-0.39, 0.29) is 0 Å². The van der Waals surface area contributed by atoms with Gasteiger partial charge in [-0.1, -0.05) is 13.2 Å². The maximum Gasteiger partial charge on any atom is 0.120 e. The zero-order valence-electron chi connectivity index (χ0n) is 9.75. The Labute approximate surface area is 87.4 Å². The molecule has 0 radical (unpaired) electrons. The molecule has 0 atom stereocenters. The lowest BCUT2D eigenvalue weighted by atomic mass is 10.4. The van der Waals surface area contributed by atoms with Gasteiger partial charge in [0.05, 0.1) is 0 Å². The first-order valence-electron chi connectivity index (χ1n) is 4.68. The van der Waals surface area contributed by atoms with Gasteiger partial charge in [0.1, 0.15) is 5.82 Å². The summed E-state index contributed by atoms with van der Waals surface area (Å²) in [6.07, 6.45) is 1.73. The van der Waals surface area contributed by atoms with E-state index in [4.69, 9.17) is 0 Å². The summed E-state index contributed by atoms with van der Waals surface area (Å²) < 4.78 is 0. The molecular weight excluding hydrogens is 174 g/mol. The zero-order chi connectivity index (χ0) is 11.1. The average Bonchev–Trinajstić information content (AvgIpc) is 2.09. The van der Waals surface area contributed by atoms with Crippen molar-refractivity contribution in [1.82, 2.24) is 9.80 Å². The molecule has 0 heterocycles. The van der Waals surface area contributed by atoms with E-state index in [0.29, 0.717) is 0 Å². The van der Waals surface area contributed by atoms with Crippen LogP contribution >= 0.6 is 0 Å². The number of allylic oxidation sites excluding steroid dienone is 1. The van der Waals surface area contributed by atoms with Crippen LogP contribution in [0.4, 0.5) is 0 Å². The van der Waals surface area contributed by atoms with Crippen molar-refractivity contribution < 1.29 is 0 Å². The van der Waals surface area contributed by atoms with Gasteiger partial charge in [0, 0.05) is 26.4 Å². The molecule has 0 aliphatic rings. The normalized spacial score (nSPS) is 10.9. The number of hydrogen-bond donors (Lipinski definition) is 0. The summed E-state index contributed by atoms with van der Waals surface area (Å²) >= 11 is 0. The molecule has 3 heteroatoms. The van der Waals surface area contributed by atoms with Gasteiger partial charge >= 0.3 is 0 Å². The molecule has 0 aromatic heterocycles. The molecule has 0 amide bonds. The van der Waals surface area contributed by atoms with Crippen LogP contribution in [-0.4, -0.2) is 50.2 Å². The van der Waals surface area contributed by atoms with E-state index in [9.17, 15) is 0 Å². The molecule has 0 aromatic rings. The number of nitrogens with zero attached hydrogens (tertiary/aromatic N) is 3. The van der Waals surface area contributed by atoms with Gasteiger partial charge in [0.2, 0.25) is 0 Å². The number of rotatable bonds is 6. The number of hydrogen-bond acceptors (Lipinski definition) is 3. The van der Waals surface area contributed by atoms with E-state index in [1.165, 1.54) is 0 Å². The summed E-state index contributed by atoms with van der Waals surface area (Å²) in [7, 11) is 6.09. The Morgan fingerprint density at radius 1 is 1.21 bits per heavy atom. The monoisotopic (exact) mass is 195 g/mol. The molecule has 0 aliphatic heterocycles. The average molecular weight is 195 g/mol. The van der Waals surface area contributed by atoms with Crippen molar-refractivity contribution in [3.8, 4) is 0 Å². The van der Waals surface area contributed by atoms with Crippen molar-refractivity contribution >= 4 is 6.21 Å². The van der Waals surface area contributed by atoms with Crippen LogP contribution in [0.15, 0.2) is 29.5 Å². The van der Waals surface area contributed by atoms with Crippen LogP contribution in [0, 0.1) is 0 Å². The first-order chi connectivity index (χ1) is 6.43. The molecule has 0 unspecified atom stereocenters. The van der Waals surface area contributed by atoms with Crippen molar-refractivity contribution in [3.63, 3.8) is 0 Å². The maximum absolute atomic E-state index is 4.19. The molecule has 3 nitrogen and oxygen atoms in total. The third kappa shape index (κ3) is 6.43. The van der Waals surface area contributed by atoms with Crippen LogP contribution in [-0.2, 0) is 0 Å². The first-order valence-corrected chi connectivity index (χ1v) is 4.68. The predicted molar refractivity (Wildman–Crippen MR) is 63.6 cm³/mol. The van der Waals surface area contributed by atoms with Crippen LogP contribution in [0.3, 0.4) is 0 Å². The summed E-state index contributed by atoms with van der Waals surface area (Å²) in [6.45, 7) is 11.5. The molecule has 0 rings (SSSR count). The third-order valence-corrected chi connectivity index (χ3v) is 1.76. The van der Waals surface area contributed by atoms with E-state index >= 15 is 0 Å². The Kier molecular flexibility index (Phi) is 5.88. The lowest BCUT2D eigenvalue weighted by molar-refractivity contribution is 0.325. The van der Waals surface area contributed by atoms with Crippen molar-refractivity contribution in [1.29, 1.82) is 0 Å². The second-order valence-corrected chi connectivity index (χ2v) is 3.75. The van der Waals surface area contributed by atoms with E-state index in [1.807, 2.05) is 33.0 Å². The van der Waals surface area contributed by atoms with Crippen molar-refractivity contribution in [2.45, 2.75) is 6.92 Å². The minimum atomic E-state index is 0.773. The van der Waals surface area contributed by atoms with Crippen LogP contribution in [0.5, 0.6) is 0 Å². The summed E-state index contributed by atoms with van der Waals surface area (Å²) in [5, 5.41) is 0. The zero-order valence-corrected chi connectivity index (χ0v) is 9.75. The summed E-state index contributed by atoms with van der Waals surface area (Å²) in [5.41, 5.74) is 0.937. The highest BCUT2D eigenvalue weighted by Gasteiger charge is 1.99. The van der Waals surface area contributed by atoms with Crippen molar-refractivity contribution in [2.24, 2.45) is 4.99 Å². The van der Waals surface area contributed by atoms with Gasteiger partial charge in [0.15, 0.2) is 0 Å². The Balaban J connectivity index is 3.93. The molecule has 0 aliphatic carbocycles. The number of aliphatic imine (C=N–C) groups is 1. The third-order valence-electron chi connectivity index (χ3n) is 1.76. The molecule has 0 fully saturated rings. The quantitative estimate of drug-likeness (QED) is 0.599. The van der Waals surface area contributed by atoms with Crippen LogP contribution in [0.25, 0.3) is 0 Å². The molecule has 14 heavy (non-hydrogen) atoms. The summed E-state index contributed by atoms with van der Waals surface area (Å²) in [5.74, 6) is 0.773. The highest BCUT2D eigenvalue weighted by Crippen LogP contribution is 1.99. The number of likely N-dealkylation sites (N-methyl/N-ethyl adjacent to an activating group) is 2. The summed E-state index contributed by atoms with van der Waals surface area (Å²) in [6, 6.07) is 0. The van der Waals surface area contributed by atoms with Crippen molar-refractivity contribution in [2.75, 3.05) is 34.2 Å². The van der Waals surface area contributed by atoms with Gasteiger partial charge in [-0.05, 0) is 26.6 Å². The second-order valence-electron chi connectivity index (χ2n) is 3.75. The lowest BCUT2D eigenvalue weighted by Gasteiger charge is -2.20. The smallest absolute Gasteiger partial charge is 0.120 e.